The Labute approximate surface area is 344 Å². The van der Waals surface area contributed by atoms with E-state index >= 15 is 0 Å². The largest absolute Gasteiger partial charge is 0.309 e. The molecule has 0 saturated heterocycles. The highest BCUT2D eigenvalue weighted by Gasteiger charge is 2.52. The second kappa shape index (κ2) is 12.4. The number of nitrogens with zero attached hydrogens (tertiary/aromatic N) is 1. The molecule has 0 aromatic heterocycles. The summed E-state index contributed by atoms with van der Waals surface area (Å²) in [7, 11) is 0. The van der Waals surface area contributed by atoms with Crippen LogP contribution in [0.3, 0.4) is 0 Å². The zero-order chi connectivity index (χ0) is 38.6. The average molecular weight is 758 g/mol. The van der Waals surface area contributed by atoms with Crippen LogP contribution in [0.4, 0.5) is 17.1 Å². The van der Waals surface area contributed by atoms with Crippen molar-refractivity contribution < 1.29 is 0 Å². The highest BCUT2D eigenvalue weighted by Crippen LogP contribution is 2.66. The number of hydrogen-bond acceptors (Lipinski definition) is 2. The standard InChI is InChI=1S/C56H39NS/c1-55(2)45-25-12-8-22-41(45)44-33-32-38(35-49(44)55)57(50-28-15-11-20-39(50)36-17-4-3-5-18-36)51-29-16-30-52-53(51)56(48-34-31-37-19-6-7-21-40(37)54(48)58-52)46-26-13-9-23-42(46)43-24-10-14-27-47(43)56/h3-35H,1-2H3. The molecule has 0 unspecified atom stereocenters. The number of benzene rings is 9. The molecule has 9 aromatic rings. The molecular formula is C56H39NS. The van der Waals surface area contributed by atoms with E-state index in [1.807, 2.05) is 11.8 Å². The zero-order valence-electron chi connectivity index (χ0n) is 32.4. The Hall–Kier alpha value is -6.61. The summed E-state index contributed by atoms with van der Waals surface area (Å²) in [5.74, 6) is 0. The van der Waals surface area contributed by atoms with Crippen LogP contribution in [-0.4, -0.2) is 0 Å². The fraction of sp³-hybridized carbons (Fsp3) is 0.0714. The molecule has 1 spiro atoms. The normalized spacial score (nSPS) is 14.6. The molecule has 0 radical (unpaired) electrons. The number of rotatable bonds is 4. The molecule has 1 aliphatic heterocycles. The minimum Gasteiger partial charge on any atom is -0.309 e. The van der Waals surface area contributed by atoms with Crippen molar-refractivity contribution in [1.29, 1.82) is 0 Å². The van der Waals surface area contributed by atoms with E-state index in [4.69, 9.17) is 0 Å². The highest BCUT2D eigenvalue weighted by molar-refractivity contribution is 7.99. The first-order valence-corrected chi connectivity index (χ1v) is 21.1. The quantitative estimate of drug-likeness (QED) is 0.176. The van der Waals surface area contributed by atoms with Crippen molar-refractivity contribution in [2.75, 3.05) is 4.90 Å². The molecule has 3 aliphatic rings. The smallest absolute Gasteiger partial charge is 0.0756 e. The lowest BCUT2D eigenvalue weighted by Gasteiger charge is -2.43. The van der Waals surface area contributed by atoms with Gasteiger partial charge in [0.05, 0.1) is 16.8 Å². The van der Waals surface area contributed by atoms with Crippen LogP contribution >= 0.6 is 11.8 Å². The first kappa shape index (κ1) is 33.5. The van der Waals surface area contributed by atoms with E-state index in [0.29, 0.717) is 0 Å². The molecule has 58 heavy (non-hydrogen) atoms. The molecule has 0 saturated carbocycles. The van der Waals surface area contributed by atoms with Gasteiger partial charge in [0.15, 0.2) is 0 Å². The topological polar surface area (TPSA) is 3.24 Å². The maximum Gasteiger partial charge on any atom is 0.0756 e. The Morgan fingerprint density at radius 3 is 1.76 bits per heavy atom. The molecular weight excluding hydrogens is 719 g/mol. The summed E-state index contributed by atoms with van der Waals surface area (Å²) in [6.45, 7) is 4.76. The Morgan fingerprint density at radius 2 is 1.00 bits per heavy atom. The molecule has 0 N–H and O–H groups in total. The molecule has 1 heterocycles. The van der Waals surface area contributed by atoms with E-state index in [9.17, 15) is 0 Å². The first-order valence-electron chi connectivity index (χ1n) is 20.3. The monoisotopic (exact) mass is 757 g/mol. The van der Waals surface area contributed by atoms with Gasteiger partial charge in [0.2, 0.25) is 0 Å². The van der Waals surface area contributed by atoms with Crippen molar-refractivity contribution >= 4 is 39.6 Å². The van der Waals surface area contributed by atoms with Gasteiger partial charge in [-0.1, -0.05) is 195 Å². The van der Waals surface area contributed by atoms with Crippen LogP contribution in [0.5, 0.6) is 0 Å². The molecule has 9 aromatic carbocycles. The molecule has 274 valence electrons. The van der Waals surface area contributed by atoms with E-state index in [0.717, 1.165) is 11.4 Å². The Bertz CT molecular complexity index is 3090. The van der Waals surface area contributed by atoms with E-state index in [1.165, 1.54) is 93.0 Å². The Morgan fingerprint density at radius 1 is 0.414 bits per heavy atom. The first-order chi connectivity index (χ1) is 28.5. The van der Waals surface area contributed by atoms with Crippen LogP contribution in [0.2, 0.25) is 0 Å². The van der Waals surface area contributed by atoms with Gasteiger partial charge >= 0.3 is 0 Å². The number of fused-ring (bicyclic) bond motifs is 14. The van der Waals surface area contributed by atoms with Crippen LogP contribution in [0.1, 0.15) is 47.2 Å². The highest BCUT2D eigenvalue weighted by atomic mass is 32.2. The Kier molecular flexibility index (Phi) is 7.19. The van der Waals surface area contributed by atoms with Gasteiger partial charge in [-0.2, -0.15) is 0 Å². The van der Waals surface area contributed by atoms with Gasteiger partial charge in [-0.25, -0.2) is 0 Å². The summed E-state index contributed by atoms with van der Waals surface area (Å²) in [6, 6.07) is 75.0. The van der Waals surface area contributed by atoms with Crippen LogP contribution in [0.15, 0.2) is 210 Å². The number of hydrogen-bond donors (Lipinski definition) is 0. The number of para-hydroxylation sites is 1. The molecule has 0 atom stereocenters. The average Bonchev–Trinajstić information content (AvgIpc) is 3.69. The van der Waals surface area contributed by atoms with E-state index in [-0.39, 0.29) is 5.41 Å². The van der Waals surface area contributed by atoms with Gasteiger partial charge in [-0.3, -0.25) is 0 Å². The molecule has 2 heteroatoms. The predicted molar refractivity (Wildman–Crippen MR) is 243 cm³/mol. The summed E-state index contributed by atoms with van der Waals surface area (Å²) < 4.78 is 0. The molecule has 2 aliphatic carbocycles. The maximum atomic E-state index is 2.58. The molecule has 0 bridgehead atoms. The van der Waals surface area contributed by atoms with Crippen molar-refractivity contribution in [3.63, 3.8) is 0 Å². The lowest BCUT2D eigenvalue weighted by Crippen LogP contribution is -2.34. The summed E-state index contributed by atoms with van der Waals surface area (Å²) in [5.41, 5.74) is 18.5. The molecule has 0 amide bonds. The molecule has 12 rings (SSSR count). The lowest BCUT2D eigenvalue weighted by atomic mass is 9.66. The summed E-state index contributed by atoms with van der Waals surface area (Å²) in [4.78, 5) is 5.20. The third-order valence-corrected chi connectivity index (χ3v) is 14.3. The van der Waals surface area contributed by atoms with Crippen molar-refractivity contribution in [3.8, 4) is 33.4 Å². The molecule has 0 fully saturated rings. The van der Waals surface area contributed by atoms with E-state index in [2.05, 4.69) is 219 Å². The van der Waals surface area contributed by atoms with Crippen LogP contribution < -0.4 is 4.90 Å². The van der Waals surface area contributed by atoms with Gasteiger partial charge in [-0.05, 0) is 96.7 Å². The number of anilines is 3. The maximum absolute atomic E-state index is 2.58. The van der Waals surface area contributed by atoms with E-state index < -0.39 is 5.41 Å². The lowest BCUT2D eigenvalue weighted by molar-refractivity contribution is 0.660. The van der Waals surface area contributed by atoms with Gasteiger partial charge in [-0.15, -0.1) is 0 Å². The zero-order valence-corrected chi connectivity index (χ0v) is 33.2. The third kappa shape index (κ3) is 4.50. The third-order valence-electron chi connectivity index (χ3n) is 13.1. The minimum absolute atomic E-state index is 0.150. The van der Waals surface area contributed by atoms with Crippen molar-refractivity contribution in [3.05, 3.63) is 234 Å². The van der Waals surface area contributed by atoms with Crippen LogP contribution in [-0.2, 0) is 10.8 Å². The molecule has 1 nitrogen and oxygen atoms in total. The van der Waals surface area contributed by atoms with Gasteiger partial charge in [0.25, 0.3) is 0 Å². The van der Waals surface area contributed by atoms with Gasteiger partial charge in [0, 0.05) is 32.0 Å². The minimum atomic E-state index is -0.574. The van der Waals surface area contributed by atoms with Crippen molar-refractivity contribution in [2.45, 2.75) is 34.5 Å². The second-order valence-electron chi connectivity index (χ2n) is 16.4. The van der Waals surface area contributed by atoms with Gasteiger partial charge < -0.3 is 4.90 Å². The Balaban J connectivity index is 1.21. The summed E-state index contributed by atoms with van der Waals surface area (Å²) in [5, 5.41) is 2.57. The van der Waals surface area contributed by atoms with Crippen LogP contribution in [0.25, 0.3) is 44.2 Å². The van der Waals surface area contributed by atoms with Gasteiger partial charge in [0.1, 0.15) is 0 Å². The SMILES string of the molecule is CC1(C)c2ccccc2-c2ccc(N(c3ccccc3-c3ccccc3)c3cccc4c3C3(c5ccccc5-c5ccccc53)c3ccc5ccccc5c3S4)cc21. The van der Waals surface area contributed by atoms with Crippen molar-refractivity contribution in [1.82, 2.24) is 0 Å². The fourth-order valence-corrected chi connectivity index (χ4v) is 12.0. The van der Waals surface area contributed by atoms with Crippen LogP contribution in [0, 0.1) is 0 Å². The predicted octanol–water partition coefficient (Wildman–Crippen LogP) is 15.1. The van der Waals surface area contributed by atoms with E-state index in [1.54, 1.807) is 0 Å². The summed E-state index contributed by atoms with van der Waals surface area (Å²) >= 11 is 1.93. The fourth-order valence-electron chi connectivity index (χ4n) is 10.6. The summed E-state index contributed by atoms with van der Waals surface area (Å²) in [6.07, 6.45) is 0. The second-order valence-corrected chi connectivity index (χ2v) is 17.4. The van der Waals surface area contributed by atoms with Crippen molar-refractivity contribution in [2.24, 2.45) is 0 Å².